The molecule has 0 fully saturated rings. The van der Waals surface area contributed by atoms with Crippen LogP contribution in [0.3, 0.4) is 0 Å². The van der Waals surface area contributed by atoms with E-state index in [1.165, 1.54) is 4.36 Å². The van der Waals surface area contributed by atoms with Crippen LogP contribution < -0.4 is 6.15 Å². The van der Waals surface area contributed by atoms with Crippen LogP contribution >= 0.6 is 0 Å². The maximum atomic E-state index is 10.7. The van der Waals surface area contributed by atoms with Gasteiger partial charge in [-0.15, -0.1) is 13.2 Å². The molecule has 0 amide bonds. The van der Waals surface area contributed by atoms with E-state index >= 15 is 0 Å². The van der Waals surface area contributed by atoms with Crippen LogP contribution in [-0.2, 0) is 10.5 Å². The molecule has 56 valence electrons. The quantitative estimate of drug-likeness (QED) is 0.536. The first-order valence-electron chi connectivity index (χ1n) is 1.31. The highest BCUT2D eigenvalue weighted by atomic mass is 32.2. The van der Waals surface area contributed by atoms with E-state index < -0.39 is 16.8 Å². The Morgan fingerprint density at radius 1 is 1.22 bits per heavy atom. The minimum Gasteiger partial charge on any atom is -0.344 e. The van der Waals surface area contributed by atoms with E-state index in [2.05, 4.69) is 0 Å². The first-order valence-corrected chi connectivity index (χ1v) is 2.34. The second kappa shape index (κ2) is 3.41. The Morgan fingerprint density at radius 3 is 1.56 bits per heavy atom. The molecule has 0 aromatic carbocycles. The SMILES string of the molecule is N.O=S(=O)=NC(F)(F)F. The number of alkyl halides is 3. The highest BCUT2D eigenvalue weighted by molar-refractivity contribution is 7.61. The topological polar surface area (TPSA) is 81.5 Å². The van der Waals surface area contributed by atoms with E-state index in [0.717, 1.165) is 0 Å². The molecule has 0 spiro atoms. The van der Waals surface area contributed by atoms with E-state index in [-0.39, 0.29) is 6.15 Å². The summed E-state index contributed by atoms with van der Waals surface area (Å²) < 4.78 is 51.8. The van der Waals surface area contributed by atoms with Crippen molar-refractivity contribution in [1.82, 2.24) is 6.15 Å². The van der Waals surface area contributed by atoms with Crippen molar-refractivity contribution in [2.24, 2.45) is 4.36 Å². The molecular weight excluding hydrogens is 161 g/mol. The van der Waals surface area contributed by atoms with Gasteiger partial charge in [-0.25, -0.2) is 0 Å². The van der Waals surface area contributed by atoms with Gasteiger partial charge >= 0.3 is 16.8 Å². The third kappa shape index (κ3) is 11.1. The third-order valence-electron chi connectivity index (χ3n) is 0.178. The first kappa shape index (κ1) is 11.2. The lowest BCUT2D eigenvalue weighted by Crippen LogP contribution is -1.99. The molecule has 0 aromatic rings. The van der Waals surface area contributed by atoms with Gasteiger partial charge in [-0.05, 0) is 0 Å². The van der Waals surface area contributed by atoms with Crippen molar-refractivity contribution in [3.05, 3.63) is 0 Å². The Kier molecular flexibility index (Phi) is 4.24. The molecule has 3 N–H and O–H groups in total. The van der Waals surface area contributed by atoms with Crippen LogP contribution in [0.25, 0.3) is 0 Å². The van der Waals surface area contributed by atoms with Crippen molar-refractivity contribution in [2.75, 3.05) is 0 Å². The zero-order valence-electron chi connectivity index (χ0n) is 4.01. The van der Waals surface area contributed by atoms with Crippen molar-refractivity contribution >= 4 is 10.5 Å². The van der Waals surface area contributed by atoms with Gasteiger partial charge in [0.15, 0.2) is 0 Å². The number of nitrogens with zero attached hydrogens (tertiary/aromatic N) is 1. The van der Waals surface area contributed by atoms with E-state index in [4.69, 9.17) is 8.42 Å². The molecule has 8 heteroatoms. The lowest BCUT2D eigenvalue weighted by atomic mass is 11.3. The monoisotopic (exact) mass is 164 g/mol. The molecule has 0 saturated heterocycles. The van der Waals surface area contributed by atoms with Gasteiger partial charge in [0.2, 0.25) is 0 Å². The fourth-order valence-corrected chi connectivity index (χ4v) is 0.254. The number of hydrogen-bond acceptors (Lipinski definition) is 4. The third-order valence-corrected chi connectivity index (χ3v) is 0.534. The molecule has 9 heavy (non-hydrogen) atoms. The highest BCUT2D eigenvalue weighted by Gasteiger charge is 2.26. The Balaban J connectivity index is 0. The number of halogens is 3. The Hall–Kier alpha value is -0.630. The molecule has 0 aliphatic carbocycles. The lowest BCUT2D eigenvalue weighted by molar-refractivity contribution is -0.117. The molecule has 0 rings (SSSR count). The minimum absolute atomic E-state index is 0. The van der Waals surface area contributed by atoms with Crippen LogP contribution in [0.15, 0.2) is 4.36 Å². The molecule has 0 atom stereocenters. The average molecular weight is 164 g/mol. The van der Waals surface area contributed by atoms with Gasteiger partial charge in [0.25, 0.3) is 0 Å². The molecule has 4 nitrogen and oxygen atoms in total. The normalized spacial score (nSPS) is 9.67. The molecule has 0 bridgehead atoms. The summed E-state index contributed by atoms with van der Waals surface area (Å²) in [5.41, 5.74) is 0. The van der Waals surface area contributed by atoms with Gasteiger partial charge in [0.1, 0.15) is 0 Å². The van der Waals surface area contributed by atoms with Gasteiger partial charge in [0, 0.05) is 0 Å². The Morgan fingerprint density at radius 2 is 1.56 bits per heavy atom. The lowest BCUT2D eigenvalue weighted by Gasteiger charge is -1.88. The van der Waals surface area contributed by atoms with E-state index in [1.54, 1.807) is 0 Å². The van der Waals surface area contributed by atoms with Crippen LogP contribution in [0, 0.1) is 0 Å². The maximum Gasteiger partial charge on any atom is 0.517 e. The van der Waals surface area contributed by atoms with Gasteiger partial charge in [0.05, 0.1) is 0 Å². The number of hydrogen-bond donors (Lipinski definition) is 1. The molecule has 0 unspecified atom stereocenters. The van der Waals surface area contributed by atoms with Crippen molar-refractivity contribution in [2.45, 2.75) is 6.30 Å². The zero-order valence-corrected chi connectivity index (χ0v) is 4.83. The van der Waals surface area contributed by atoms with Crippen molar-refractivity contribution in [3.8, 4) is 0 Å². The molecule has 0 aromatic heterocycles. The fraction of sp³-hybridized carbons (Fsp3) is 1.00. The second-order valence-electron chi connectivity index (χ2n) is 0.776. The predicted molar refractivity (Wildman–Crippen MR) is 22.4 cm³/mol. The molecule has 0 aliphatic rings. The minimum atomic E-state index is -4.97. The summed E-state index contributed by atoms with van der Waals surface area (Å²) in [5.74, 6) is 0. The Labute approximate surface area is 50.0 Å². The summed E-state index contributed by atoms with van der Waals surface area (Å²) >= 11 is 0. The van der Waals surface area contributed by atoms with Crippen LogP contribution in [-0.4, -0.2) is 14.7 Å². The molecule has 0 heterocycles. The molecular formula is CH3F3N2O2S. The van der Waals surface area contributed by atoms with Crippen molar-refractivity contribution in [3.63, 3.8) is 0 Å². The van der Waals surface area contributed by atoms with Gasteiger partial charge in [-0.2, -0.15) is 8.42 Å². The maximum absolute atomic E-state index is 10.7. The predicted octanol–water partition coefficient (Wildman–Crippen LogP) is 0.731. The highest BCUT2D eigenvalue weighted by Crippen LogP contribution is 2.14. The van der Waals surface area contributed by atoms with E-state index in [9.17, 15) is 13.2 Å². The second-order valence-corrected chi connectivity index (χ2v) is 1.39. The van der Waals surface area contributed by atoms with Crippen LogP contribution in [0.2, 0.25) is 0 Å². The summed E-state index contributed by atoms with van der Waals surface area (Å²) in [5, 5.41) is 0. The van der Waals surface area contributed by atoms with Crippen LogP contribution in [0.1, 0.15) is 0 Å². The average Bonchev–Trinajstić information content (AvgIpc) is 1.21. The molecule has 0 radical (unpaired) electrons. The summed E-state index contributed by atoms with van der Waals surface area (Å²) in [4.78, 5) is 0. The van der Waals surface area contributed by atoms with Crippen molar-refractivity contribution in [1.29, 1.82) is 0 Å². The van der Waals surface area contributed by atoms with Gasteiger partial charge in [-0.1, -0.05) is 4.36 Å². The first-order chi connectivity index (χ1) is 3.42. The van der Waals surface area contributed by atoms with Gasteiger partial charge < -0.3 is 6.15 Å². The molecule has 0 saturated carbocycles. The zero-order chi connectivity index (χ0) is 6.78. The number of rotatable bonds is 0. The van der Waals surface area contributed by atoms with Crippen LogP contribution in [0.5, 0.6) is 0 Å². The molecule has 0 aliphatic heterocycles. The summed E-state index contributed by atoms with van der Waals surface area (Å²) in [6, 6.07) is 0. The van der Waals surface area contributed by atoms with E-state index in [0.29, 0.717) is 0 Å². The summed E-state index contributed by atoms with van der Waals surface area (Å²) in [6.45, 7) is 0. The largest absolute Gasteiger partial charge is 0.517 e. The van der Waals surface area contributed by atoms with Crippen LogP contribution in [0.4, 0.5) is 13.2 Å². The Bertz CT molecular complexity index is 182. The smallest absolute Gasteiger partial charge is 0.344 e. The standard InChI is InChI=1S/CF3NO2S.H3N/c2-1(3,4)5-8(6)7;/h;1H3. The van der Waals surface area contributed by atoms with E-state index in [1.807, 2.05) is 0 Å². The van der Waals surface area contributed by atoms with Gasteiger partial charge in [-0.3, -0.25) is 0 Å². The summed E-state index contributed by atoms with van der Waals surface area (Å²) in [6.07, 6.45) is -4.97. The fourth-order valence-electron chi connectivity index (χ4n) is 0.0845. The summed E-state index contributed by atoms with van der Waals surface area (Å²) in [7, 11) is -3.39. The van der Waals surface area contributed by atoms with Crippen molar-refractivity contribution < 1.29 is 21.6 Å².